The molecular formula is C11H20BrNO. The third kappa shape index (κ3) is 2.31. The average molecular weight is 262 g/mol. The van der Waals surface area contributed by atoms with E-state index in [1.807, 2.05) is 0 Å². The van der Waals surface area contributed by atoms with Crippen LogP contribution in [0.1, 0.15) is 19.8 Å². The van der Waals surface area contributed by atoms with Crippen LogP contribution >= 0.6 is 15.9 Å². The number of hydrogen-bond donors (Lipinski definition) is 0. The molecule has 0 aromatic carbocycles. The van der Waals surface area contributed by atoms with Gasteiger partial charge in [-0.2, -0.15) is 0 Å². The van der Waals surface area contributed by atoms with E-state index in [0.29, 0.717) is 0 Å². The van der Waals surface area contributed by atoms with Gasteiger partial charge in [0.05, 0.1) is 6.61 Å². The van der Waals surface area contributed by atoms with Crippen molar-refractivity contribution in [3.05, 3.63) is 0 Å². The fourth-order valence-corrected chi connectivity index (χ4v) is 3.67. The van der Waals surface area contributed by atoms with Crippen molar-refractivity contribution in [2.45, 2.75) is 25.8 Å². The van der Waals surface area contributed by atoms with E-state index in [1.54, 1.807) is 0 Å². The molecule has 0 saturated carbocycles. The summed E-state index contributed by atoms with van der Waals surface area (Å²) in [5.41, 5.74) is 0. The van der Waals surface area contributed by atoms with Crippen molar-refractivity contribution in [3.63, 3.8) is 0 Å². The third-order valence-electron chi connectivity index (χ3n) is 3.67. The summed E-state index contributed by atoms with van der Waals surface area (Å²) in [6.07, 6.45) is 2.63. The minimum Gasteiger partial charge on any atom is -0.381 e. The van der Waals surface area contributed by atoms with Crippen LogP contribution in [0.25, 0.3) is 0 Å². The Balaban J connectivity index is 1.84. The lowest BCUT2D eigenvalue weighted by Crippen LogP contribution is -2.37. The molecule has 0 radical (unpaired) electrons. The zero-order chi connectivity index (χ0) is 9.97. The van der Waals surface area contributed by atoms with Crippen LogP contribution in [0.15, 0.2) is 0 Å². The van der Waals surface area contributed by atoms with Gasteiger partial charge in [-0.1, -0.05) is 22.9 Å². The molecular weight excluding hydrogens is 242 g/mol. The van der Waals surface area contributed by atoms with Crippen LogP contribution in [0.3, 0.4) is 0 Å². The van der Waals surface area contributed by atoms with E-state index in [9.17, 15) is 0 Å². The van der Waals surface area contributed by atoms with E-state index in [-0.39, 0.29) is 0 Å². The Morgan fingerprint density at radius 3 is 2.93 bits per heavy atom. The van der Waals surface area contributed by atoms with Gasteiger partial charge in [-0.25, -0.2) is 0 Å². The van der Waals surface area contributed by atoms with Crippen molar-refractivity contribution < 1.29 is 4.74 Å². The second kappa shape index (κ2) is 4.95. The summed E-state index contributed by atoms with van der Waals surface area (Å²) >= 11 is 3.63. The second-order valence-corrected chi connectivity index (χ2v) is 5.36. The third-order valence-corrected chi connectivity index (χ3v) is 4.34. The molecule has 3 unspecified atom stereocenters. The molecule has 3 heteroatoms. The van der Waals surface area contributed by atoms with E-state index >= 15 is 0 Å². The standard InChI is InChI=1S/C11H20BrNO/c1-9-2-4-13(11(9)6-12)7-10-3-5-14-8-10/h9-11H,2-8H2,1H3. The van der Waals surface area contributed by atoms with E-state index in [2.05, 4.69) is 27.8 Å². The molecule has 0 aromatic rings. The van der Waals surface area contributed by atoms with Crippen LogP contribution in [0.2, 0.25) is 0 Å². The Morgan fingerprint density at radius 1 is 1.43 bits per heavy atom. The molecule has 2 rings (SSSR count). The molecule has 0 spiro atoms. The van der Waals surface area contributed by atoms with Crippen LogP contribution in [0.5, 0.6) is 0 Å². The van der Waals surface area contributed by atoms with Gasteiger partial charge in [-0.3, -0.25) is 4.90 Å². The Labute approximate surface area is 95.1 Å². The van der Waals surface area contributed by atoms with Gasteiger partial charge < -0.3 is 4.74 Å². The normalized spacial score (nSPS) is 39.4. The summed E-state index contributed by atoms with van der Waals surface area (Å²) in [6, 6.07) is 0.760. The fourth-order valence-electron chi connectivity index (χ4n) is 2.62. The topological polar surface area (TPSA) is 12.5 Å². The first-order chi connectivity index (χ1) is 6.81. The Kier molecular flexibility index (Phi) is 3.86. The smallest absolute Gasteiger partial charge is 0.0507 e. The van der Waals surface area contributed by atoms with E-state index in [4.69, 9.17) is 4.74 Å². The molecule has 2 heterocycles. The molecule has 0 N–H and O–H groups in total. The summed E-state index contributed by atoms with van der Waals surface area (Å²) in [4.78, 5) is 2.65. The van der Waals surface area contributed by atoms with E-state index in [0.717, 1.165) is 36.4 Å². The number of halogens is 1. The molecule has 2 fully saturated rings. The fraction of sp³-hybridized carbons (Fsp3) is 1.00. The van der Waals surface area contributed by atoms with Crippen LogP contribution in [-0.2, 0) is 4.74 Å². The van der Waals surface area contributed by atoms with Crippen molar-refractivity contribution in [3.8, 4) is 0 Å². The molecule has 14 heavy (non-hydrogen) atoms. The number of likely N-dealkylation sites (tertiary alicyclic amines) is 1. The minimum atomic E-state index is 0.760. The number of hydrogen-bond acceptors (Lipinski definition) is 2. The van der Waals surface area contributed by atoms with Crippen molar-refractivity contribution in [2.24, 2.45) is 11.8 Å². The number of alkyl halides is 1. The first kappa shape index (κ1) is 10.9. The molecule has 0 bridgehead atoms. The lowest BCUT2D eigenvalue weighted by atomic mass is 10.0. The van der Waals surface area contributed by atoms with Gasteiger partial charge in [0.2, 0.25) is 0 Å². The molecule has 2 aliphatic heterocycles. The second-order valence-electron chi connectivity index (χ2n) is 4.71. The highest BCUT2D eigenvalue weighted by Crippen LogP contribution is 2.27. The lowest BCUT2D eigenvalue weighted by molar-refractivity contribution is 0.162. The number of ether oxygens (including phenoxy) is 1. The quantitative estimate of drug-likeness (QED) is 0.722. The van der Waals surface area contributed by atoms with Crippen LogP contribution in [0, 0.1) is 11.8 Å². The SMILES string of the molecule is CC1CCN(CC2CCOC2)C1CBr. The summed E-state index contributed by atoms with van der Waals surface area (Å²) in [5.74, 6) is 1.65. The summed E-state index contributed by atoms with van der Waals surface area (Å²) < 4.78 is 5.42. The summed E-state index contributed by atoms with van der Waals surface area (Å²) in [7, 11) is 0. The molecule has 0 aromatic heterocycles. The average Bonchev–Trinajstić information content (AvgIpc) is 2.77. The van der Waals surface area contributed by atoms with Gasteiger partial charge in [-0.15, -0.1) is 0 Å². The van der Waals surface area contributed by atoms with Crippen molar-refractivity contribution in [1.82, 2.24) is 4.90 Å². The van der Waals surface area contributed by atoms with Crippen molar-refractivity contribution in [2.75, 3.05) is 31.6 Å². The van der Waals surface area contributed by atoms with Gasteiger partial charge in [0, 0.05) is 24.5 Å². The maximum atomic E-state index is 5.42. The highest BCUT2D eigenvalue weighted by atomic mass is 79.9. The maximum absolute atomic E-state index is 5.42. The Hall–Kier alpha value is 0.400. The Morgan fingerprint density at radius 2 is 2.29 bits per heavy atom. The van der Waals surface area contributed by atoms with Crippen LogP contribution < -0.4 is 0 Å². The van der Waals surface area contributed by atoms with Gasteiger partial charge in [0.15, 0.2) is 0 Å². The van der Waals surface area contributed by atoms with Gasteiger partial charge >= 0.3 is 0 Å². The van der Waals surface area contributed by atoms with Crippen LogP contribution in [0.4, 0.5) is 0 Å². The monoisotopic (exact) mass is 261 g/mol. The molecule has 0 aliphatic carbocycles. The lowest BCUT2D eigenvalue weighted by Gasteiger charge is -2.27. The molecule has 2 saturated heterocycles. The van der Waals surface area contributed by atoms with Crippen molar-refractivity contribution in [1.29, 1.82) is 0 Å². The van der Waals surface area contributed by atoms with Gasteiger partial charge in [-0.05, 0) is 31.2 Å². The largest absolute Gasteiger partial charge is 0.381 e. The Bertz CT molecular complexity index is 182. The van der Waals surface area contributed by atoms with Gasteiger partial charge in [0.25, 0.3) is 0 Å². The summed E-state index contributed by atoms with van der Waals surface area (Å²) in [5, 5.41) is 1.13. The first-order valence-electron chi connectivity index (χ1n) is 5.69. The zero-order valence-electron chi connectivity index (χ0n) is 8.92. The van der Waals surface area contributed by atoms with Gasteiger partial charge in [0.1, 0.15) is 0 Å². The predicted octanol–water partition coefficient (Wildman–Crippen LogP) is 2.13. The van der Waals surface area contributed by atoms with E-state index in [1.165, 1.54) is 25.9 Å². The number of nitrogens with zero attached hydrogens (tertiary/aromatic N) is 1. The predicted molar refractivity (Wildman–Crippen MR) is 61.9 cm³/mol. The molecule has 2 aliphatic rings. The summed E-state index contributed by atoms with van der Waals surface area (Å²) in [6.45, 7) is 6.87. The molecule has 82 valence electrons. The van der Waals surface area contributed by atoms with E-state index < -0.39 is 0 Å². The zero-order valence-corrected chi connectivity index (χ0v) is 10.5. The molecule has 0 amide bonds. The molecule has 2 nitrogen and oxygen atoms in total. The van der Waals surface area contributed by atoms with Crippen LogP contribution in [-0.4, -0.2) is 42.6 Å². The first-order valence-corrected chi connectivity index (χ1v) is 6.81. The number of rotatable bonds is 3. The highest BCUT2D eigenvalue weighted by molar-refractivity contribution is 9.09. The molecule has 3 atom stereocenters. The maximum Gasteiger partial charge on any atom is 0.0507 e. The van der Waals surface area contributed by atoms with Crippen molar-refractivity contribution >= 4 is 15.9 Å². The minimum absolute atomic E-state index is 0.760. The highest BCUT2D eigenvalue weighted by Gasteiger charge is 2.32.